The lowest BCUT2D eigenvalue weighted by Crippen LogP contribution is -2.02. The summed E-state index contributed by atoms with van der Waals surface area (Å²) in [5.74, 6) is 0.207. The summed E-state index contributed by atoms with van der Waals surface area (Å²) in [6, 6.07) is 4.39. The standard InChI is InChI=1S/C33H58O3/c1-2-3-4-5-6-7-8-9-10-11-12-13-14-15-16-17-18-19-20-21-22-23-24-25-31(34)26-30-27-32(35)29-33(36)28-30/h27-29,35-36H,2-26H2,1H3. The molecule has 0 fully saturated rings. The number of aromatic hydroxyl groups is 2. The summed E-state index contributed by atoms with van der Waals surface area (Å²) >= 11 is 0. The van der Waals surface area contributed by atoms with Crippen molar-refractivity contribution in [3.05, 3.63) is 23.8 Å². The van der Waals surface area contributed by atoms with Crippen LogP contribution in [0.5, 0.6) is 11.5 Å². The van der Waals surface area contributed by atoms with Gasteiger partial charge in [-0.3, -0.25) is 4.79 Å². The number of hydrogen-bond acceptors (Lipinski definition) is 3. The van der Waals surface area contributed by atoms with Crippen molar-refractivity contribution in [3.8, 4) is 11.5 Å². The average Bonchev–Trinajstić information content (AvgIpc) is 2.84. The molecule has 0 aliphatic carbocycles. The Morgan fingerprint density at radius 2 is 0.806 bits per heavy atom. The minimum Gasteiger partial charge on any atom is -0.508 e. The van der Waals surface area contributed by atoms with Gasteiger partial charge in [0.1, 0.15) is 17.3 Å². The number of hydrogen-bond donors (Lipinski definition) is 2. The van der Waals surface area contributed by atoms with Crippen molar-refractivity contribution in [2.45, 2.75) is 167 Å². The molecule has 0 spiro atoms. The van der Waals surface area contributed by atoms with Gasteiger partial charge in [0.2, 0.25) is 0 Å². The summed E-state index contributed by atoms with van der Waals surface area (Å²) in [7, 11) is 0. The van der Waals surface area contributed by atoms with E-state index in [0.717, 1.165) is 12.8 Å². The first-order chi connectivity index (χ1) is 17.6. The van der Waals surface area contributed by atoms with Crippen LogP contribution in [-0.2, 0) is 11.2 Å². The van der Waals surface area contributed by atoms with Crippen molar-refractivity contribution in [3.63, 3.8) is 0 Å². The van der Waals surface area contributed by atoms with Crippen molar-refractivity contribution in [2.75, 3.05) is 0 Å². The molecule has 1 aromatic rings. The lowest BCUT2D eigenvalue weighted by atomic mass is 10.0. The second-order valence-electron chi connectivity index (χ2n) is 11.1. The number of rotatable bonds is 26. The zero-order chi connectivity index (χ0) is 26.1. The van der Waals surface area contributed by atoms with E-state index in [0.29, 0.717) is 18.4 Å². The normalized spacial score (nSPS) is 11.2. The minimum absolute atomic E-state index is 0.0115. The van der Waals surface area contributed by atoms with Crippen LogP contribution in [-0.4, -0.2) is 16.0 Å². The summed E-state index contributed by atoms with van der Waals surface area (Å²) in [5.41, 5.74) is 0.687. The van der Waals surface area contributed by atoms with Crippen molar-refractivity contribution >= 4 is 5.78 Å². The van der Waals surface area contributed by atoms with Crippen LogP contribution in [0, 0.1) is 0 Å². The average molecular weight is 503 g/mol. The van der Waals surface area contributed by atoms with Gasteiger partial charge in [-0.15, -0.1) is 0 Å². The van der Waals surface area contributed by atoms with Crippen LogP contribution >= 0.6 is 0 Å². The molecule has 0 aliphatic heterocycles. The molecule has 0 saturated heterocycles. The summed E-state index contributed by atoms with van der Waals surface area (Å²) in [5, 5.41) is 19.0. The van der Waals surface area contributed by atoms with Crippen LogP contribution in [0.2, 0.25) is 0 Å². The van der Waals surface area contributed by atoms with E-state index in [-0.39, 0.29) is 17.3 Å². The Morgan fingerprint density at radius 3 is 1.14 bits per heavy atom. The molecule has 2 N–H and O–H groups in total. The van der Waals surface area contributed by atoms with Gasteiger partial charge in [-0.1, -0.05) is 148 Å². The van der Waals surface area contributed by atoms with E-state index in [1.54, 1.807) is 12.1 Å². The van der Waals surface area contributed by atoms with Gasteiger partial charge in [0.15, 0.2) is 0 Å². The highest BCUT2D eigenvalue weighted by Gasteiger charge is 2.06. The molecule has 0 amide bonds. The van der Waals surface area contributed by atoms with Gasteiger partial charge in [-0.05, 0) is 24.1 Å². The Bertz CT molecular complexity index is 620. The van der Waals surface area contributed by atoms with Crippen molar-refractivity contribution < 1.29 is 15.0 Å². The third-order valence-electron chi connectivity index (χ3n) is 7.42. The number of carbonyl (C=O) groups excluding carboxylic acids is 1. The minimum atomic E-state index is 0.0115. The molecule has 1 rings (SSSR count). The van der Waals surface area contributed by atoms with Crippen LogP contribution in [0.25, 0.3) is 0 Å². The fourth-order valence-electron chi connectivity index (χ4n) is 5.18. The predicted molar refractivity (Wildman–Crippen MR) is 155 cm³/mol. The molecule has 1 aromatic carbocycles. The summed E-state index contributed by atoms with van der Waals surface area (Å²) in [6.07, 6.45) is 32.5. The third kappa shape index (κ3) is 20.7. The lowest BCUT2D eigenvalue weighted by molar-refractivity contribution is -0.118. The first-order valence-electron chi connectivity index (χ1n) is 15.7. The molecule has 3 nitrogen and oxygen atoms in total. The van der Waals surface area contributed by atoms with Crippen LogP contribution in [0.15, 0.2) is 18.2 Å². The summed E-state index contributed by atoms with van der Waals surface area (Å²) < 4.78 is 0. The molecule has 36 heavy (non-hydrogen) atoms. The van der Waals surface area contributed by atoms with Gasteiger partial charge >= 0.3 is 0 Å². The maximum absolute atomic E-state index is 12.1. The first-order valence-corrected chi connectivity index (χ1v) is 15.7. The van der Waals surface area contributed by atoms with Crippen molar-refractivity contribution in [2.24, 2.45) is 0 Å². The molecule has 0 unspecified atom stereocenters. The van der Waals surface area contributed by atoms with Crippen LogP contribution in [0.1, 0.15) is 167 Å². The summed E-state index contributed by atoms with van der Waals surface area (Å²) in [4.78, 5) is 12.1. The Balaban J connectivity index is 1.74. The molecule has 0 bridgehead atoms. The highest BCUT2D eigenvalue weighted by molar-refractivity contribution is 5.81. The van der Waals surface area contributed by atoms with Crippen molar-refractivity contribution in [1.82, 2.24) is 0 Å². The van der Waals surface area contributed by atoms with Gasteiger partial charge < -0.3 is 10.2 Å². The summed E-state index contributed by atoms with van der Waals surface area (Å²) in [6.45, 7) is 2.29. The maximum Gasteiger partial charge on any atom is 0.137 e. The number of Topliss-reactive ketones (excluding diaryl/α,β-unsaturated/α-hetero) is 1. The van der Waals surface area contributed by atoms with E-state index in [9.17, 15) is 15.0 Å². The Morgan fingerprint density at radius 1 is 0.500 bits per heavy atom. The third-order valence-corrected chi connectivity index (χ3v) is 7.42. The Kier molecular flexibility index (Phi) is 21.6. The monoisotopic (exact) mass is 502 g/mol. The number of ketones is 1. The van der Waals surface area contributed by atoms with E-state index in [1.165, 1.54) is 141 Å². The predicted octanol–water partition coefficient (Wildman–Crippen LogP) is 10.6. The largest absolute Gasteiger partial charge is 0.508 e. The lowest BCUT2D eigenvalue weighted by Gasteiger charge is -2.05. The van der Waals surface area contributed by atoms with Crippen LogP contribution < -0.4 is 0 Å². The smallest absolute Gasteiger partial charge is 0.137 e. The molecule has 0 radical (unpaired) electrons. The molecule has 0 heterocycles. The van der Waals surface area contributed by atoms with E-state index < -0.39 is 0 Å². The highest BCUT2D eigenvalue weighted by Crippen LogP contribution is 2.21. The van der Waals surface area contributed by atoms with Gasteiger partial charge in [-0.2, -0.15) is 0 Å². The number of unbranched alkanes of at least 4 members (excludes halogenated alkanes) is 22. The fourth-order valence-corrected chi connectivity index (χ4v) is 5.18. The van der Waals surface area contributed by atoms with Crippen molar-refractivity contribution in [1.29, 1.82) is 0 Å². The van der Waals surface area contributed by atoms with Crippen LogP contribution in [0.3, 0.4) is 0 Å². The van der Waals surface area contributed by atoms with E-state index >= 15 is 0 Å². The number of benzene rings is 1. The van der Waals surface area contributed by atoms with Crippen LogP contribution in [0.4, 0.5) is 0 Å². The van der Waals surface area contributed by atoms with Gasteiger partial charge in [-0.25, -0.2) is 0 Å². The Hall–Kier alpha value is -1.51. The number of carbonyl (C=O) groups is 1. The van der Waals surface area contributed by atoms with Gasteiger partial charge in [0, 0.05) is 18.9 Å². The van der Waals surface area contributed by atoms with Gasteiger partial charge in [0.05, 0.1) is 0 Å². The molecule has 0 atom stereocenters. The molecule has 3 heteroatoms. The molecule has 208 valence electrons. The fraction of sp³-hybridized carbons (Fsp3) is 0.788. The molecule has 0 aromatic heterocycles. The molecule has 0 aliphatic rings. The topological polar surface area (TPSA) is 57.5 Å². The van der Waals surface area contributed by atoms with Gasteiger partial charge in [0.25, 0.3) is 0 Å². The zero-order valence-corrected chi connectivity index (χ0v) is 23.7. The highest BCUT2D eigenvalue weighted by atomic mass is 16.3. The molecular formula is C33H58O3. The second kappa shape index (κ2) is 23.9. The number of phenols is 2. The number of phenolic OH excluding ortho intramolecular Hbond substituents is 2. The Labute approximate surface area is 223 Å². The quantitative estimate of drug-likeness (QED) is 0.124. The second-order valence-corrected chi connectivity index (χ2v) is 11.1. The van der Waals surface area contributed by atoms with E-state index in [1.807, 2.05) is 0 Å². The SMILES string of the molecule is CCCCCCCCCCCCCCCCCCCCCCCCCC(=O)Cc1cc(O)cc(O)c1. The first kappa shape index (κ1) is 32.5. The zero-order valence-electron chi connectivity index (χ0n) is 23.7. The molecule has 0 saturated carbocycles. The molecular weight excluding hydrogens is 444 g/mol. The van der Waals surface area contributed by atoms with E-state index in [2.05, 4.69) is 6.92 Å². The maximum atomic E-state index is 12.1. The van der Waals surface area contributed by atoms with E-state index in [4.69, 9.17) is 0 Å².